The van der Waals surface area contributed by atoms with E-state index < -0.39 is 0 Å². The van der Waals surface area contributed by atoms with Crippen molar-refractivity contribution in [1.29, 1.82) is 0 Å². The molecule has 1 fully saturated rings. The molecule has 0 aliphatic heterocycles. The fourth-order valence-corrected chi connectivity index (χ4v) is 2.99. The lowest BCUT2D eigenvalue weighted by Gasteiger charge is -2.40. The van der Waals surface area contributed by atoms with Crippen molar-refractivity contribution in [2.45, 2.75) is 57.7 Å². The van der Waals surface area contributed by atoms with E-state index in [-0.39, 0.29) is 0 Å². The lowest BCUT2D eigenvalue weighted by molar-refractivity contribution is 0.0542. The van der Waals surface area contributed by atoms with Crippen molar-refractivity contribution >= 4 is 0 Å². The second-order valence-corrected chi connectivity index (χ2v) is 4.94. The minimum absolute atomic E-state index is 0.538. The van der Waals surface area contributed by atoms with Crippen LogP contribution in [-0.2, 0) is 4.74 Å². The zero-order valence-electron chi connectivity index (χ0n) is 11.3. The number of ether oxygens (including phenoxy) is 1. The summed E-state index contributed by atoms with van der Waals surface area (Å²) in [5.74, 6) is 0. The highest BCUT2D eigenvalue weighted by Gasteiger charge is 2.27. The van der Waals surface area contributed by atoms with E-state index in [1.165, 1.54) is 25.7 Å². The van der Waals surface area contributed by atoms with Crippen molar-refractivity contribution in [3.63, 3.8) is 0 Å². The SMILES string of the molecule is CCN(C(C)COC)C1CCCC(NC)C1. The normalized spacial score (nSPS) is 28.3. The van der Waals surface area contributed by atoms with Gasteiger partial charge in [0.2, 0.25) is 0 Å². The molecule has 3 heteroatoms. The van der Waals surface area contributed by atoms with E-state index in [0.29, 0.717) is 12.1 Å². The summed E-state index contributed by atoms with van der Waals surface area (Å²) in [6, 6.07) is 1.99. The van der Waals surface area contributed by atoms with Crippen LogP contribution in [0.2, 0.25) is 0 Å². The molecule has 0 amide bonds. The van der Waals surface area contributed by atoms with Crippen molar-refractivity contribution in [3.05, 3.63) is 0 Å². The minimum atomic E-state index is 0.538. The van der Waals surface area contributed by atoms with Crippen LogP contribution in [0.4, 0.5) is 0 Å². The van der Waals surface area contributed by atoms with Crippen LogP contribution in [0.25, 0.3) is 0 Å². The number of rotatable bonds is 6. The average Bonchev–Trinajstić information content (AvgIpc) is 2.31. The van der Waals surface area contributed by atoms with Gasteiger partial charge in [0.1, 0.15) is 0 Å². The third-order valence-electron chi connectivity index (χ3n) is 3.86. The fraction of sp³-hybridized carbons (Fsp3) is 1.00. The van der Waals surface area contributed by atoms with Gasteiger partial charge in [0.15, 0.2) is 0 Å². The lowest BCUT2D eigenvalue weighted by Crippen LogP contribution is -2.48. The van der Waals surface area contributed by atoms with E-state index in [2.05, 4.69) is 31.1 Å². The molecule has 3 unspecified atom stereocenters. The zero-order valence-corrected chi connectivity index (χ0v) is 11.3. The maximum absolute atomic E-state index is 5.27. The molecule has 0 saturated heterocycles. The van der Waals surface area contributed by atoms with Crippen molar-refractivity contribution in [2.24, 2.45) is 0 Å². The monoisotopic (exact) mass is 228 g/mol. The molecule has 0 aromatic carbocycles. The summed E-state index contributed by atoms with van der Waals surface area (Å²) in [7, 11) is 3.88. The Hall–Kier alpha value is -0.120. The van der Waals surface area contributed by atoms with E-state index in [1.807, 2.05) is 0 Å². The standard InChI is InChI=1S/C13H28N2O/c1-5-15(11(2)10-16-4)13-8-6-7-12(9-13)14-3/h11-14H,5-10H2,1-4H3. The molecular formula is C13H28N2O. The third-order valence-corrected chi connectivity index (χ3v) is 3.86. The molecule has 1 rings (SSSR count). The van der Waals surface area contributed by atoms with Crippen molar-refractivity contribution < 1.29 is 4.74 Å². The summed E-state index contributed by atoms with van der Waals surface area (Å²) in [4.78, 5) is 2.60. The maximum atomic E-state index is 5.27. The molecule has 0 radical (unpaired) electrons. The first kappa shape index (κ1) is 13.9. The number of nitrogens with zero attached hydrogens (tertiary/aromatic N) is 1. The molecule has 96 valence electrons. The van der Waals surface area contributed by atoms with Crippen LogP contribution in [0.3, 0.4) is 0 Å². The summed E-state index contributed by atoms with van der Waals surface area (Å²) in [5, 5.41) is 3.43. The highest BCUT2D eigenvalue weighted by molar-refractivity contribution is 4.85. The Morgan fingerprint density at radius 2 is 2.19 bits per heavy atom. The van der Waals surface area contributed by atoms with E-state index in [9.17, 15) is 0 Å². The van der Waals surface area contributed by atoms with Gasteiger partial charge in [-0.3, -0.25) is 4.90 Å². The summed E-state index contributed by atoms with van der Waals surface area (Å²) >= 11 is 0. The van der Waals surface area contributed by atoms with Crippen LogP contribution in [0.5, 0.6) is 0 Å². The number of nitrogens with one attached hydrogen (secondary N) is 1. The second-order valence-electron chi connectivity index (χ2n) is 4.94. The Morgan fingerprint density at radius 3 is 2.75 bits per heavy atom. The number of hydrogen-bond donors (Lipinski definition) is 1. The summed E-state index contributed by atoms with van der Waals surface area (Å²) in [6.07, 6.45) is 5.33. The third kappa shape index (κ3) is 3.72. The molecule has 3 nitrogen and oxygen atoms in total. The van der Waals surface area contributed by atoms with Gasteiger partial charge >= 0.3 is 0 Å². The van der Waals surface area contributed by atoms with Gasteiger partial charge in [0, 0.05) is 25.2 Å². The van der Waals surface area contributed by atoms with Gasteiger partial charge in [-0.25, -0.2) is 0 Å². The second kappa shape index (κ2) is 7.25. The highest BCUT2D eigenvalue weighted by atomic mass is 16.5. The first-order chi connectivity index (χ1) is 7.72. The molecule has 0 spiro atoms. The highest BCUT2D eigenvalue weighted by Crippen LogP contribution is 2.24. The quantitative estimate of drug-likeness (QED) is 0.751. The minimum Gasteiger partial charge on any atom is -0.383 e. The number of methoxy groups -OCH3 is 1. The van der Waals surface area contributed by atoms with Gasteiger partial charge in [-0.15, -0.1) is 0 Å². The van der Waals surface area contributed by atoms with E-state index >= 15 is 0 Å². The molecule has 1 aliphatic rings. The Morgan fingerprint density at radius 1 is 1.44 bits per heavy atom. The van der Waals surface area contributed by atoms with Crippen molar-refractivity contribution in [3.8, 4) is 0 Å². The van der Waals surface area contributed by atoms with Gasteiger partial charge in [0.25, 0.3) is 0 Å². The van der Waals surface area contributed by atoms with Crippen LogP contribution in [0.15, 0.2) is 0 Å². The van der Waals surface area contributed by atoms with Gasteiger partial charge in [-0.2, -0.15) is 0 Å². The summed E-state index contributed by atoms with van der Waals surface area (Å²) < 4.78 is 5.27. The first-order valence-corrected chi connectivity index (χ1v) is 6.64. The van der Waals surface area contributed by atoms with Crippen molar-refractivity contribution in [2.75, 3.05) is 27.3 Å². The van der Waals surface area contributed by atoms with Gasteiger partial charge < -0.3 is 10.1 Å². The Labute approximate surface area is 101 Å². The van der Waals surface area contributed by atoms with Crippen LogP contribution in [-0.4, -0.2) is 50.3 Å². The first-order valence-electron chi connectivity index (χ1n) is 6.64. The molecule has 0 bridgehead atoms. The fourth-order valence-electron chi connectivity index (χ4n) is 2.99. The molecule has 16 heavy (non-hydrogen) atoms. The molecule has 1 N–H and O–H groups in total. The van der Waals surface area contributed by atoms with Crippen molar-refractivity contribution in [1.82, 2.24) is 10.2 Å². The van der Waals surface area contributed by atoms with E-state index in [1.54, 1.807) is 7.11 Å². The number of hydrogen-bond acceptors (Lipinski definition) is 3. The zero-order chi connectivity index (χ0) is 12.0. The predicted octanol–water partition coefficient (Wildman–Crippen LogP) is 1.87. The van der Waals surface area contributed by atoms with E-state index in [4.69, 9.17) is 4.74 Å². The summed E-state index contributed by atoms with van der Waals surface area (Å²) in [6.45, 7) is 6.51. The Kier molecular flexibility index (Phi) is 6.32. The van der Waals surface area contributed by atoms with Crippen LogP contribution < -0.4 is 5.32 Å². The molecule has 0 aromatic rings. The van der Waals surface area contributed by atoms with Gasteiger partial charge in [-0.1, -0.05) is 13.3 Å². The molecule has 1 saturated carbocycles. The molecule has 3 atom stereocenters. The lowest BCUT2D eigenvalue weighted by atomic mass is 9.89. The van der Waals surface area contributed by atoms with Gasteiger partial charge in [-0.05, 0) is 39.8 Å². The van der Waals surface area contributed by atoms with E-state index in [0.717, 1.165) is 19.2 Å². The smallest absolute Gasteiger partial charge is 0.0615 e. The summed E-state index contributed by atoms with van der Waals surface area (Å²) in [5.41, 5.74) is 0. The Balaban J connectivity index is 2.50. The molecule has 0 aromatic heterocycles. The predicted molar refractivity (Wildman–Crippen MR) is 68.8 cm³/mol. The largest absolute Gasteiger partial charge is 0.383 e. The maximum Gasteiger partial charge on any atom is 0.0615 e. The van der Waals surface area contributed by atoms with Crippen LogP contribution in [0.1, 0.15) is 39.5 Å². The average molecular weight is 228 g/mol. The topological polar surface area (TPSA) is 24.5 Å². The Bertz CT molecular complexity index is 187. The molecule has 1 aliphatic carbocycles. The number of likely N-dealkylation sites (N-methyl/N-ethyl adjacent to an activating group) is 1. The van der Waals surface area contributed by atoms with Gasteiger partial charge in [0.05, 0.1) is 6.61 Å². The molecule has 0 heterocycles. The van der Waals surface area contributed by atoms with Crippen LogP contribution >= 0.6 is 0 Å². The van der Waals surface area contributed by atoms with Crippen LogP contribution in [0, 0.1) is 0 Å². The molecular weight excluding hydrogens is 200 g/mol.